The molecule has 0 aromatic heterocycles. The lowest BCUT2D eigenvalue weighted by Gasteiger charge is -2.47. The van der Waals surface area contributed by atoms with Crippen molar-refractivity contribution >= 4 is 17.5 Å². The number of rotatable bonds is 2. The number of amides is 2. The van der Waals surface area contributed by atoms with Gasteiger partial charge in [-0.1, -0.05) is 48.5 Å². The molecule has 37 heavy (non-hydrogen) atoms. The third kappa shape index (κ3) is 4.04. The Bertz CT molecular complexity index is 1360. The van der Waals surface area contributed by atoms with Crippen LogP contribution >= 0.6 is 0 Å². The van der Waals surface area contributed by atoms with Gasteiger partial charge >= 0.3 is 6.18 Å². The number of fused-ring (bicyclic) bond motifs is 4. The van der Waals surface area contributed by atoms with E-state index in [0.29, 0.717) is 44.0 Å². The van der Waals surface area contributed by atoms with Gasteiger partial charge in [-0.2, -0.15) is 13.2 Å². The fourth-order valence-corrected chi connectivity index (χ4v) is 6.00. The minimum absolute atomic E-state index is 0.0460. The summed E-state index contributed by atoms with van der Waals surface area (Å²) in [5, 5.41) is 0. The van der Waals surface area contributed by atoms with Gasteiger partial charge in [0.1, 0.15) is 0 Å². The molecule has 2 unspecified atom stereocenters. The number of hydrogen-bond acceptors (Lipinski definition) is 3. The van der Waals surface area contributed by atoms with Gasteiger partial charge in [-0.05, 0) is 47.4 Å². The Labute approximate surface area is 213 Å². The first-order valence-corrected chi connectivity index (χ1v) is 12.5. The number of halogens is 3. The van der Waals surface area contributed by atoms with E-state index in [2.05, 4.69) is 6.07 Å². The molecule has 1 fully saturated rings. The number of hydrogen-bond donors (Lipinski definition) is 0. The molecule has 5 nitrogen and oxygen atoms in total. The predicted molar refractivity (Wildman–Crippen MR) is 133 cm³/mol. The first kappa shape index (κ1) is 23.6. The number of nitrogens with zero attached hydrogens (tertiary/aromatic N) is 3. The number of anilines is 1. The molecule has 190 valence electrons. The molecule has 8 heteroatoms. The number of benzene rings is 3. The van der Waals surface area contributed by atoms with Crippen molar-refractivity contribution in [3.8, 4) is 0 Å². The van der Waals surface area contributed by atoms with Crippen LogP contribution in [0.2, 0.25) is 0 Å². The van der Waals surface area contributed by atoms with Crippen molar-refractivity contribution in [3.05, 3.63) is 101 Å². The van der Waals surface area contributed by atoms with Gasteiger partial charge in [0.05, 0.1) is 17.5 Å². The zero-order valence-corrected chi connectivity index (χ0v) is 20.1. The molecule has 3 aliphatic heterocycles. The number of alkyl halides is 3. The Morgan fingerprint density at radius 3 is 2.27 bits per heavy atom. The summed E-state index contributed by atoms with van der Waals surface area (Å²) in [6.45, 7) is 2.23. The molecule has 3 aliphatic rings. The molecular weight excluding hydrogens is 479 g/mol. The van der Waals surface area contributed by atoms with Crippen molar-refractivity contribution in [1.29, 1.82) is 0 Å². The molecule has 3 aromatic carbocycles. The molecule has 2 atom stereocenters. The summed E-state index contributed by atoms with van der Waals surface area (Å²) < 4.78 is 39.6. The molecule has 0 N–H and O–H groups in total. The monoisotopic (exact) mass is 505 g/mol. The Morgan fingerprint density at radius 1 is 0.811 bits per heavy atom. The standard InChI is InChI=1S/C29H26F3N3O2/c30-29(31,32)20-7-5-8-21(18-20)33-14-16-34(17-15-33)28(37)25-23-10-3-4-11-24(23)27(36)35-13-12-19-6-1-2-9-22(19)26(25)35/h1-11,18,25-26H,12-17H2. The van der Waals surface area contributed by atoms with Crippen molar-refractivity contribution in [2.75, 3.05) is 37.6 Å². The van der Waals surface area contributed by atoms with Gasteiger partial charge in [-0.25, -0.2) is 0 Å². The fraction of sp³-hybridized carbons (Fsp3) is 0.310. The normalized spacial score (nSPS) is 21.3. The lowest BCUT2D eigenvalue weighted by Crippen LogP contribution is -2.54. The summed E-state index contributed by atoms with van der Waals surface area (Å²) in [6, 6.07) is 20.3. The largest absolute Gasteiger partial charge is 0.416 e. The highest BCUT2D eigenvalue weighted by atomic mass is 19.4. The van der Waals surface area contributed by atoms with Crippen LogP contribution in [0.5, 0.6) is 0 Å². The van der Waals surface area contributed by atoms with E-state index >= 15 is 0 Å². The quantitative estimate of drug-likeness (QED) is 0.498. The van der Waals surface area contributed by atoms with Crippen LogP contribution in [0.25, 0.3) is 0 Å². The van der Waals surface area contributed by atoms with E-state index in [0.717, 1.165) is 35.2 Å². The minimum Gasteiger partial charge on any atom is -0.368 e. The van der Waals surface area contributed by atoms with Crippen LogP contribution in [0.1, 0.15) is 44.6 Å². The maximum atomic E-state index is 14.1. The average Bonchev–Trinajstić information content (AvgIpc) is 2.92. The zero-order chi connectivity index (χ0) is 25.7. The van der Waals surface area contributed by atoms with Crippen molar-refractivity contribution < 1.29 is 22.8 Å². The maximum absolute atomic E-state index is 14.1. The summed E-state index contributed by atoms with van der Waals surface area (Å²) in [6.07, 6.45) is -3.65. The van der Waals surface area contributed by atoms with E-state index in [1.807, 2.05) is 46.2 Å². The third-order valence-electron chi connectivity index (χ3n) is 7.83. The highest BCUT2D eigenvalue weighted by Crippen LogP contribution is 2.46. The first-order valence-electron chi connectivity index (χ1n) is 12.5. The SMILES string of the molecule is O=C(C1c2ccccc2C(=O)N2CCc3ccccc3C12)N1CCN(c2cccc(C(F)(F)F)c2)CC1. The van der Waals surface area contributed by atoms with E-state index in [9.17, 15) is 22.8 Å². The van der Waals surface area contributed by atoms with Gasteiger partial charge in [-0.3, -0.25) is 9.59 Å². The molecule has 0 radical (unpaired) electrons. The molecule has 1 saturated heterocycles. The summed E-state index contributed by atoms with van der Waals surface area (Å²) in [4.78, 5) is 33.1. The molecule has 0 bridgehead atoms. The second kappa shape index (κ2) is 8.94. The van der Waals surface area contributed by atoms with Crippen LogP contribution in [-0.4, -0.2) is 54.3 Å². The van der Waals surface area contributed by atoms with Crippen LogP contribution in [0.4, 0.5) is 18.9 Å². The number of carbonyl (C=O) groups is 2. The summed E-state index contributed by atoms with van der Waals surface area (Å²) in [5.41, 5.74) is 3.31. The average molecular weight is 506 g/mol. The molecule has 0 spiro atoms. The Kier molecular flexibility index (Phi) is 5.70. The third-order valence-corrected chi connectivity index (χ3v) is 7.83. The lowest BCUT2D eigenvalue weighted by molar-refractivity contribution is -0.137. The summed E-state index contributed by atoms with van der Waals surface area (Å²) in [7, 11) is 0. The predicted octanol–water partition coefficient (Wildman–Crippen LogP) is 4.89. The van der Waals surface area contributed by atoms with E-state index in [4.69, 9.17) is 0 Å². The van der Waals surface area contributed by atoms with Crippen molar-refractivity contribution in [2.24, 2.45) is 0 Å². The van der Waals surface area contributed by atoms with Crippen molar-refractivity contribution in [2.45, 2.75) is 24.6 Å². The second-order valence-electron chi connectivity index (χ2n) is 9.82. The maximum Gasteiger partial charge on any atom is 0.416 e. The van der Waals surface area contributed by atoms with Gasteiger partial charge in [0, 0.05) is 44.0 Å². The zero-order valence-electron chi connectivity index (χ0n) is 20.1. The molecule has 2 amide bonds. The molecule has 3 heterocycles. The number of piperazine rings is 1. The molecule has 6 rings (SSSR count). The van der Waals surface area contributed by atoms with E-state index in [1.165, 1.54) is 6.07 Å². The smallest absolute Gasteiger partial charge is 0.368 e. The van der Waals surface area contributed by atoms with E-state index in [1.54, 1.807) is 17.0 Å². The van der Waals surface area contributed by atoms with Crippen molar-refractivity contribution in [3.63, 3.8) is 0 Å². The molecule has 0 saturated carbocycles. The van der Waals surface area contributed by atoms with Gasteiger partial charge in [-0.15, -0.1) is 0 Å². The van der Waals surface area contributed by atoms with Crippen LogP contribution < -0.4 is 4.90 Å². The van der Waals surface area contributed by atoms with Gasteiger partial charge in [0.15, 0.2) is 0 Å². The van der Waals surface area contributed by atoms with Crippen LogP contribution in [0, 0.1) is 0 Å². The van der Waals surface area contributed by atoms with Gasteiger partial charge < -0.3 is 14.7 Å². The van der Waals surface area contributed by atoms with E-state index in [-0.39, 0.29) is 17.9 Å². The second-order valence-corrected chi connectivity index (χ2v) is 9.82. The Morgan fingerprint density at radius 2 is 1.51 bits per heavy atom. The Balaban J connectivity index is 1.29. The number of carbonyl (C=O) groups excluding carboxylic acids is 2. The van der Waals surface area contributed by atoms with Crippen LogP contribution in [0.3, 0.4) is 0 Å². The first-order chi connectivity index (χ1) is 17.8. The van der Waals surface area contributed by atoms with E-state index < -0.39 is 17.7 Å². The molecular formula is C29H26F3N3O2. The lowest BCUT2D eigenvalue weighted by atomic mass is 9.75. The molecule has 0 aliphatic carbocycles. The van der Waals surface area contributed by atoms with Crippen molar-refractivity contribution in [1.82, 2.24) is 9.80 Å². The van der Waals surface area contributed by atoms with Gasteiger partial charge in [0.2, 0.25) is 5.91 Å². The fourth-order valence-electron chi connectivity index (χ4n) is 6.00. The highest BCUT2D eigenvalue weighted by molar-refractivity contribution is 6.01. The highest BCUT2D eigenvalue weighted by Gasteiger charge is 2.47. The summed E-state index contributed by atoms with van der Waals surface area (Å²) >= 11 is 0. The van der Waals surface area contributed by atoms with Crippen LogP contribution in [0.15, 0.2) is 72.8 Å². The molecule has 3 aromatic rings. The van der Waals surface area contributed by atoms with Crippen LogP contribution in [-0.2, 0) is 17.4 Å². The minimum atomic E-state index is -4.40. The summed E-state index contributed by atoms with van der Waals surface area (Å²) in [5.74, 6) is -0.626. The van der Waals surface area contributed by atoms with Gasteiger partial charge in [0.25, 0.3) is 5.91 Å². The topological polar surface area (TPSA) is 43.9 Å². The Hall–Kier alpha value is -3.81.